The smallest absolute Gasteiger partial charge is 0.113 e. The fraction of sp³-hybridized carbons (Fsp3) is 0.286. The molecule has 0 radical (unpaired) electrons. The quantitative estimate of drug-likeness (QED) is 0.410. The molecule has 54 valence electrons. The average Bonchev–Trinajstić information content (AvgIpc) is 2.21. The van der Waals surface area contributed by atoms with E-state index in [9.17, 15) is 0 Å². The molecular formula is C7H8OS2. The molecule has 0 aromatic rings. The van der Waals surface area contributed by atoms with Crippen LogP contribution in [0, 0.1) is 0 Å². The van der Waals surface area contributed by atoms with Crippen molar-refractivity contribution in [3.05, 3.63) is 22.8 Å². The molecular weight excluding hydrogens is 164 g/mol. The van der Waals surface area contributed by atoms with Crippen molar-refractivity contribution in [3.8, 4) is 0 Å². The second-order valence-corrected chi connectivity index (χ2v) is 5.64. The van der Waals surface area contributed by atoms with Crippen molar-refractivity contribution in [2.75, 3.05) is 0 Å². The van der Waals surface area contributed by atoms with Gasteiger partial charge in [0.1, 0.15) is 5.76 Å². The Hall–Kier alpha value is -0.150. The average molecular weight is 172 g/mol. The Kier molecular flexibility index (Phi) is 1.42. The molecule has 0 amide bonds. The third-order valence-corrected chi connectivity index (χ3v) is 4.89. The largest absolute Gasteiger partial charge is 0.427 e. The van der Waals surface area contributed by atoms with Gasteiger partial charge in [0.25, 0.3) is 0 Å². The fourth-order valence-corrected chi connectivity index (χ4v) is 4.34. The van der Waals surface area contributed by atoms with E-state index in [1.165, 1.54) is 9.77 Å². The summed E-state index contributed by atoms with van der Waals surface area (Å²) in [5, 5.41) is 0. The molecule has 0 fully saturated rings. The molecule has 0 aromatic heterocycles. The van der Waals surface area contributed by atoms with Crippen LogP contribution in [-0.2, 0) is 4.18 Å². The first-order valence-corrected chi connectivity index (χ1v) is 5.58. The van der Waals surface area contributed by atoms with E-state index in [0.29, 0.717) is 0 Å². The van der Waals surface area contributed by atoms with E-state index >= 15 is 0 Å². The molecule has 0 saturated carbocycles. The molecule has 2 aliphatic heterocycles. The fourth-order valence-electron chi connectivity index (χ4n) is 0.939. The third-order valence-electron chi connectivity index (χ3n) is 1.30. The molecule has 1 nitrogen and oxygen atoms in total. The van der Waals surface area contributed by atoms with Gasteiger partial charge in [-0.2, -0.15) is 0 Å². The van der Waals surface area contributed by atoms with Gasteiger partial charge in [-0.3, -0.25) is 0 Å². The summed E-state index contributed by atoms with van der Waals surface area (Å²) >= 11 is 0. The van der Waals surface area contributed by atoms with Crippen molar-refractivity contribution in [1.29, 1.82) is 0 Å². The maximum atomic E-state index is 5.52. The van der Waals surface area contributed by atoms with Crippen molar-refractivity contribution in [3.63, 3.8) is 0 Å². The summed E-state index contributed by atoms with van der Waals surface area (Å²) in [6.07, 6.45) is 4.32. The van der Waals surface area contributed by atoms with Gasteiger partial charge in [-0.25, -0.2) is 0 Å². The van der Waals surface area contributed by atoms with Crippen molar-refractivity contribution < 1.29 is 4.18 Å². The standard InChI is InChI=1S/C7H8OS2/c1-5-3-7-4-6(2)9-10(7)8-5/h3-4H,1-2H3. The molecule has 10 heavy (non-hydrogen) atoms. The summed E-state index contributed by atoms with van der Waals surface area (Å²) < 4.78 is 5.52. The van der Waals surface area contributed by atoms with Crippen LogP contribution in [0.4, 0.5) is 0 Å². The first kappa shape index (κ1) is 6.55. The molecule has 2 heterocycles. The molecule has 0 aliphatic carbocycles. The summed E-state index contributed by atoms with van der Waals surface area (Å²) in [5.41, 5.74) is 0. The molecule has 0 aromatic carbocycles. The highest BCUT2D eigenvalue weighted by Crippen LogP contribution is 2.49. The van der Waals surface area contributed by atoms with Crippen LogP contribution < -0.4 is 0 Å². The normalized spacial score (nSPS) is 29.4. The van der Waals surface area contributed by atoms with Crippen molar-refractivity contribution in [2.24, 2.45) is 0 Å². The van der Waals surface area contributed by atoms with Crippen LogP contribution in [0.1, 0.15) is 13.8 Å². The van der Waals surface area contributed by atoms with E-state index in [2.05, 4.69) is 19.1 Å². The van der Waals surface area contributed by atoms with Gasteiger partial charge in [0.15, 0.2) is 0 Å². The van der Waals surface area contributed by atoms with Gasteiger partial charge in [-0.15, -0.1) is 0 Å². The van der Waals surface area contributed by atoms with E-state index in [0.717, 1.165) is 5.76 Å². The van der Waals surface area contributed by atoms with Crippen LogP contribution in [0.15, 0.2) is 22.8 Å². The van der Waals surface area contributed by atoms with Gasteiger partial charge in [-0.1, -0.05) is 0 Å². The monoisotopic (exact) mass is 172 g/mol. The first-order chi connectivity index (χ1) is 4.75. The molecule has 2 aliphatic rings. The van der Waals surface area contributed by atoms with Crippen LogP contribution in [-0.4, -0.2) is 4.86 Å². The lowest BCUT2D eigenvalue weighted by atomic mass is 10.3. The van der Waals surface area contributed by atoms with Crippen molar-refractivity contribution in [1.82, 2.24) is 0 Å². The highest BCUT2D eigenvalue weighted by atomic mass is 33.1. The minimum Gasteiger partial charge on any atom is -0.427 e. The summed E-state index contributed by atoms with van der Waals surface area (Å²) in [6.45, 7) is 4.12. The number of rotatable bonds is 0. The zero-order valence-electron chi connectivity index (χ0n) is 5.88. The molecule has 2 rings (SSSR count). The molecule has 0 spiro atoms. The van der Waals surface area contributed by atoms with Crippen LogP contribution in [0.3, 0.4) is 0 Å². The Morgan fingerprint density at radius 2 is 2.20 bits per heavy atom. The lowest BCUT2D eigenvalue weighted by Crippen LogP contribution is -1.77. The lowest BCUT2D eigenvalue weighted by Gasteiger charge is -2.00. The molecule has 1 atom stereocenters. The van der Waals surface area contributed by atoms with Gasteiger partial charge in [0.2, 0.25) is 0 Å². The summed E-state index contributed by atoms with van der Waals surface area (Å²) in [4.78, 5) is 2.71. The number of allylic oxidation sites excluding steroid dienone is 4. The van der Waals surface area contributed by atoms with Crippen LogP contribution in [0.5, 0.6) is 0 Å². The second-order valence-electron chi connectivity index (χ2n) is 2.31. The third kappa shape index (κ3) is 0.935. The van der Waals surface area contributed by atoms with Crippen LogP contribution in [0.2, 0.25) is 0 Å². The second kappa shape index (κ2) is 2.17. The number of hydrogen-bond acceptors (Lipinski definition) is 2. The Balaban J connectivity index is 2.33. The maximum absolute atomic E-state index is 5.52. The minimum atomic E-state index is 0.0201. The lowest BCUT2D eigenvalue weighted by molar-refractivity contribution is 0.512. The van der Waals surface area contributed by atoms with E-state index in [4.69, 9.17) is 4.18 Å². The molecule has 3 heteroatoms. The predicted molar refractivity (Wildman–Crippen MR) is 48.8 cm³/mol. The van der Waals surface area contributed by atoms with Gasteiger partial charge in [0.05, 0.1) is 9.80 Å². The molecule has 1 unspecified atom stereocenters. The zero-order valence-corrected chi connectivity index (χ0v) is 7.51. The summed E-state index contributed by atoms with van der Waals surface area (Å²) in [7, 11) is 1.84. The highest BCUT2D eigenvalue weighted by Gasteiger charge is 2.18. The Bertz CT molecular complexity index is 247. The van der Waals surface area contributed by atoms with Gasteiger partial charge in [0, 0.05) is 4.86 Å². The topological polar surface area (TPSA) is 9.23 Å². The van der Waals surface area contributed by atoms with Crippen molar-refractivity contribution >= 4 is 25.5 Å². The van der Waals surface area contributed by atoms with Crippen molar-refractivity contribution in [2.45, 2.75) is 13.8 Å². The van der Waals surface area contributed by atoms with E-state index < -0.39 is 0 Å². The predicted octanol–water partition coefficient (Wildman–Crippen LogP) is 2.84. The summed E-state index contributed by atoms with van der Waals surface area (Å²) in [5.74, 6) is 1.05. The summed E-state index contributed by atoms with van der Waals surface area (Å²) in [6, 6.07) is 0. The zero-order chi connectivity index (χ0) is 7.14. The van der Waals surface area contributed by atoms with E-state index in [-0.39, 0.29) is 9.80 Å². The van der Waals surface area contributed by atoms with Gasteiger partial charge >= 0.3 is 0 Å². The minimum absolute atomic E-state index is 0.0201. The SMILES string of the molecule is CC1=CC2=S(O1)SC(C)=C2. The number of hydrogen-bond donors (Lipinski definition) is 0. The first-order valence-electron chi connectivity index (χ1n) is 3.10. The van der Waals surface area contributed by atoms with E-state index in [1.807, 2.05) is 17.7 Å². The Labute approximate surface area is 66.7 Å². The highest BCUT2D eigenvalue weighted by molar-refractivity contribution is 8.84. The van der Waals surface area contributed by atoms with Gasteiger partial charge in [-0.05, 0) is 41.7 Å². The Morgan fingerprint density at radius 1 is 1.40 bits per heavy atom. The molecule has 0 saturated heterocycles. The van der Waals surface area contributed by atoms with E-state index in [1.54, 1.807) is 0 Å². The van der Waals surface area contributed by atoms with Crippen LogP contribution >= 0.6 is 20.6 Å². The maximum Gasteiger partial charge on any atom is 0.113 e. The molecule has 0 N–H and O–H groups in total. The molecule has 0 bridgehead atoms. The van der Waals surface area contributed by atoms with Gasteiger partial charge < -0.3 is 4.18 Å². The Morgan fingerprint density at radius 3 is 2.90 bits per heavy atom. The van der Waals surface area contributed by atoms with Crippen LogP contribution in [0.25, 0.3) is 0 Å².